The molecule has 1 aromatic carbocycles. The largest absolute Gasteiger partial charge is 0.416 e. The number of hydrogen-bond acceptors (Lipinski definition) is 2. The van der Waals surface area contributed by atoms with Crippen molar-refractivity contribution in [3.05, 3.63) is 29.8 Å². The highest BCUT2D eigenvalue weighted by Gasteiger charge is 2.47. The molecule has 1 aliphatic heterocycles. The maximum absolute atomic E-state index is 12.4. The first-order valence-corrected chi connectivity index (χ1v) is 4.94. The molecule has 0 radical (unpaired) electrons. The van der Waals surface area contributed by atoms with Gasteiger partial charge in [0.1, 0.15) is 0 Å². The van der Waals surface area contributed by atoms with Crippen LogP contribution in [-0.4, -0.2) is 18.1 Å². The molecule has 3 nitrogen and oxygen atoms in total. The van der Waals surface area contributed by atoms with E-state index >= 15 is 0 Å². The molecular formula is C11H10F3NO2. The van der Waals surface area contributed by atoms with Crippen LogP contribution in [0.3, 0.4) is 0 Å². The molecule has 92 valence electrons. The van der Waals surface area contributed by atoms with Crippen molar-refractivity contribution in [3.63, 3.8) is 0 Å². The minimum atomic E-state index is -4.42. The number of anilines is 1. The van der Waals surface area contributed by atoms with Crippen LogP contribution in [0, 0.1) is 0 Å². The predicted molar refractivity (Wildman–Crippen MR) is 54.4 cm³/mol. The van der Waals surface area contributed by atoms with Gasteiger partial charge >= 0.3 is 6.18 Å². The van der Waals surface area contributed by atoms with E-state index in [1.54, 1.807) is 6.92 Å². The third-order valence-corrected chi connectivity index (χ3v) is 2.51. The summed E-state index contributed by atoms with van der Waals surface area (Å²) in [5, 5.41) is 2.39. The monoisotopic (exact) mass is 245 g/mol. The van der Waals surface area contributed by atoms with E-state index in [1.165, 1.54) is 12.1 Å². The van der Waals surface area contributed by atoms with Crippen molar-refractivity contribution < 1.29 is 22.7 Å². The van der Waals surface area contributed by atoms with Crippen LogP contribution in [0.25, 0.3) is 0 Å². The molecule has 1 N–H and O–H groups in total. The first-order valence-electron chi connectivity index (χ1n) is 4.94. The molecule has 1 aromatic rings. The molecule has 0 aliphatic carbocycles. The van der Waals surface area contributed by atoms with Crippen LogP contribution in [0.15, 0.2) is 24.3 Å². The first-order chi connectivity index (χ1) is 7.81. The van der Waals surface area contributed by atoms with Crippen molar-refractivity contribution in [1.29, 1.82) is 0 Å². The zero-order chi connectivity index (χ0) is 12.7. The molecule has 1 amide bonds. The Morgan fingerprint density at radius 1 is 1.47 bits per heavy atom. The molecule has 0 bridgehead atoms. The van der Waals surface area contributed by atoms with E-state index in [-0.39, 0.29) is 12.3 Å². The van der Waals surface area contributed by atoms with Gasteiger partial charge in [0.05, 0.1) is 12.2 Å². The van der Waals surface area contributed by atoms with Crippen LogP contribution in [-0.2, 0) is 15.7 Å². The van der Waals surface area contributed by atoms with Crippen molar-refractivity contribution in [1.82, 2.24) is 0 Å². The Labute approximate surface area is 95.6 Å². The van der Waals surface area contributed by atoms with Gasteiger partial charge in [0.2, 0.25) is 0 Å². The third kappa shape index (κ3) is 2.58. The second-order valence-electron chi connectivity index (χ2n) is 4.05. The Hall–Kier alpha value is -1.56. The van der Waals surface area contributed by atoms with E-state index < -0.39 is 23.2 Å². The summed E-state index contributed by atoms with van der Waals surface area (Å²) in [5.41, 5.74) is -1.58. The van der Waals surface area contributed by atoms with Gasteiger partial charge in [0.15, 0.2) is 5.60 Å². The summed E-state index contributed by atoms with van der Waals surface area (Å²) in [6.45, 7) is 1.87. The van der Waals surface area contributed by atoms with Crippen molar-refractivity contribution in [2.75, 3.05) is 11.9 Å². The fourth-order valence-corrected chi connectivity index (χ4v) is 1.28. The summed E-state index contributed by atoms with van der Waals surface area (Å²) >= 11 is 0. The van der Waals surface area contributed by atoms with E-state index in [0.29, 0.717) is 0 Å². The normalized spacial score (nSPS) is 23.3. The average Bonchev–Trinajstić information content (AvgIpc) is 2.97. The summed E-state index contributed by atoms with van der Waals surface area (Å²) in [4.78, 5) is 11.5. The summed E-state index contributed by atoms with van der Waals surface area (Å²) in [6, 6.07) is 4.49. The van der Waals surface area contributed by atoms with Crippen LogP contribution in [0.4, 0.5) is 18.9 Å². The maximum Gasteiger partial charge on any atom is 0.416 e. The molecule has 1 fully saturated rings. The van der Waals surface area contributed by atoms with E-state index in [1.807, 2.05) is 0 Å². The number of rotatable bonds is 2. The SMILES string of the molecule is C[C@]1(C(=O)Nc2cccc(C(F)(F)F)c2)CO1. The zero-order valence-corrected chi connectivity index (χ0v) is 8.97. The van der Waals surface area contributed by atoms with Crippen molar-refractivity contribution >= 4 is 11.6 Å². The summed E-state index contributed by atoms with van der Waals surface area (Å²) in [5.74, 6) is -0.433. The summed E-state index contributed by atoms with van der Waals surface area (Å²) < 4.78 is 42.1. The van der Waals surface area contributed by atoms with Crippen molar-refractivity contribution in [3.8, 4) is 0 Å². The number of hydrogen-bond donors (Lipinski definition) is 1. The van der Waals surface area contributed by atoms with Crippen molar-refractivity contribution in [2.24, 2.45) is 0 Å². The number of ether oxygens (including phenoxy) is 1. The zero-order valence-electron chi connectivity index (χ0n) is 8.97. The second kappa shape index (κ2) is 3.73. The Morgan fingerprint density at radius 3 is 2.65 bits per heavy atom. The predicted octanol–water partition coefficient (Wildman–Crippen LogP) is 2.43. The van der Waals surface area contributed by atoms with Gasteiger partial charge in [-0.05, 0) is 25.1 Å². The minimum Gasteiger partial charge on any atom is -0.359 e. The molecule has 1 saturated heterocycles. The van der Waals surface area contributed by atoms with Gasteiger partial charge in [-0.3, -0.25) is 4.79 Å². The molecule has 0 unspecified atom stereocenters. The highest BCUT2D eigenvalue weighted by molar-refractivity contribution is 5.98. The lowest BCUT2D eigenvalue weighted by Crippen LogP contribution is -2.28. The Kier molecular flexibility index (Phi) is 2.61. The molecule has 0 aromatic heterocycles. The standard InChI is InChI=1S/C11H10F3NO2/c1-10(6-17-10)9(16)15-8-4-2-3-7(5-8)11(12,13)14/h2-5H,6H2,1H3,(H,15,16)/t10-/m1/s1. The lowest BCUT2D eigenvalue weighted by Gasteiger charge is -2.11. The number of alkyl halides is 3. The number of halogens is 3. The average molecular weight is 245 g/mol. The molecule has 17 heavy (non-hydrogen) atoms. The first kappa shape index (κ1) is 11.9. The van der Waals surface area contributed by atoms with Crippen LogP contribution < -0.4 is 5.32 Å². The lowest BCUT2D eigenvalue weighted by atomic mass is 10.1. The highest BCUT2D eigenvalue weighted by Crippen LogP contribution is 2.32. The molecule has 0 spiro atoms. The summed E-state index contributed by atoms with van der Waals surface area (Å²) in [6.07, 6.45) is -4.42. The minimum absolute atomic E-state index is 0.113. The van der Waals surface area contributed by atoms with E-state index in [0.717, 1.165) is 12.1 Å². The van der Waals surface area contributed by atoms with Gasteiger partial charge in [0.25, 0.3) is 5.91 Å². The lowest BCUT2D eigenvalue weighted by molar-refractivity contribution is -0.137. The second-order valence-corrected chi connectivity index (χ2v) is 4.05. The van der Waals surface area contributed by atoms with Crippen LogP contribution >= 0.6 is 0 Å². The van der Waals surface area contributed by atoms with Gasteiger partial charge < -0.3 is 10.1 Å². The van der Waals surface area contributed by atoms with E-state index in [9.17, 15) is 18.0 Å². The topological polar surface area (TPSA) is 41.6 Å². The van der Waals surface area contributed by atoms with Crippen LogP contribution in [0.2, 0.25) is 0 Å². The third-order valence-electron chi connectivity index (χ3n) is 2.51. The van der Waals surface area contributed by atoms with Gasteiger partial charge in [-0.2, -0.15) is 13.2 Å². The highest BCUT2D eigenvalue weighted by atomic mass is 19.4. The fraction of sp³-hybridized carbons (Fsp3) is 0.364. The van der Waals surface area contributed by atoms with E-state index in [2.05, 4.69) is 5.32 Å². The number of benzene rings is 1. The van der Waals surface area contributed by atoms with Crippen LogP contribution in [0.5, 0.6) is 0 Å². The van der Waals surface area contributed by atoms with Crippen LogP contribution in [0.1, 0.15) is 12.5 Å². The number of amides is 1. The maximum atomic E-state index is 12.4. The fourth-order valence-electron chi connectivity index (χ4n) is 1.28. The molecule has 6 heteroatoms. The van der Waals surface area contributed by atoms with Gasteiger partial charge in [-0.25, -0.2) is 0 Å². The van der Waals surface area contributed by atoms with Crippen molar-refractivity contribution in [2.45, 2.75) is 18.7 Å². The molecular weight excluding hydrogens is 235 g/mol. The molecule has 0 saturated carbocycles. The van der Waals surface area contributed by atoms with Gasteiger partial charge in [-0.1, -0.05) is 6.07 Å². The number of carbonyl (C=O) groups excluding carboxylic acids is 1. The smallest absolute Gasteiger partial charge is 0.359 e. The number of nitrogens with one attached hydrogen (secondary N) is 1. The quantitative estimate of drug-likeness (QED) is 0.813. The number of carbonyl (C=O) groups is 1. The van der Waals surface area contributed by atoms with E-state index in [4.69, 9.17) is 4.74 Å². The molecule has 1 heterocycles. The Balaban J connectivity index is 2.14. The molecule has 2 rings (SSSR count). The number of epoxide rings is 1. The molecule has 1 atom stereocenters. The molecule has 1 aliphatic rings. The van der Waals surface area contributed by atoms with Gasteiger partial charge in [-0.15, -0.1) is 0 Å². The Bertz CT molecular complexity index is 452. The van der Waals surface area contributed by atoms with Gasteiger partial charge in [0, 0.05) is 5.69 Å². The Morgan fingerprint density at radius 2 is 2.12 bits per heavy atom. The summed E-state index contributed by atoms with van der Waals surface area (Å²) in [7, 11) is 0.